The number of nitrogens with zero attached hydrogens (tertiary/aromatic N) is 1. The monoisotopic (exact) mass is 399 g/mol. The third kappa shape index (κ3) is 3.74. The van der Waals surface area contributed by atoms with Crippen LogP contribution in [0, 0.1) is 13.8 Å². The lowest BCUT2D eigenvalue weighted by atomic mass is 10.1. The van der Waals surface area contributed by atoms with Gasteiger partial charge in [-0.25, -0.2) is 5.01 Å². The minimum atomic E-state index is -0.296. The third-order valence-electron chi connectivity index (χ3n) is 3.94. The maximum Gasteiger partial charge on any atom is 0.273 e. The van der Waals surface area contributed by atoms with E-state index in [2.05, 4.69) is 26.7 Å². The van der Waals surface area contributed by atoms with Gasteiger partial charge in [-0.1, -0.05) is 24.3 Å². The highest BCUT2D eigenvalue weighted by atomic mass is 79.9. The number of nitrogens with one attached hydrogen (secondary N) is 2. The first-order valence-electron chi connectivity index (χ1n) is 7.88. The zero-order valence-electron chi connectivity index (χ0n) is 14.0. The molecule has 0 saturated carbocycles. The van der Waals surface area contributed by atoms with Crippen LogP contribution in [0.25, 0.3) is 0 Å². The molecule has 0 atom stereocenters. The Morgan fingerprint density at radius 3 is 2.68 bits per heavy atom. The van der Waals surface area contributed by atoms with Crippen molar-refractivity contribution in [2.75, 3.05) is 10.3 Å². The van der Waals surface area contributed by atoms with E-state index in [0.717, 1.165) is 21.3 Å². The van der Waals surface area contributed by atoms with Gasteiger partial charge in [0.1, 0.15) is 5.70 Å². The van der Waals surface area contributed by atoms with Crippen LogP contribution in [0.15, 0.2) is 58.7 Å². The Bertz CT molecular complexity index is 877. The molecule has 1 heterocycles. The summed E-state index contributed by atoms with van der Waals surface area (Å²) >= 11 is 3.45. The molecule has 25 heavy (non-hydrogen) atoms. The molecule has 0 fully saturated rings. The number of halogens is 1. The van der Waals surface area contributed by atoms with Gasteiger partial charge in [-0.05, 0) is 65.2 Å². The Morgan fingerprint density at radius 1 is 1.20 bits per heavy atom. The number of rotatable bonds is 3. The first-order chi connectivity index (χ1) is 12.0. The molecule has 2 aromatic rings. The predicted octanol–water partition coefficient (Wildman–Crippen LogP) is 3.83. The fraction of sp³-hybridized carbons (Fsp3) is 0.158. The standard InChI is InChI=1S/C19H18BrN3O2/c1-12-7-8-15(14(20)11-12)21-19(25)16-9-10-18(24)23(22-16)17-6-4-3-5-13(17)2/h3-9,11,22H,10H2,1-2H3,(H,21,25). The minimum Gasteiger partial charge on any atom is -0.320 e. The molecule has 2 N–H and O–H groups in total. The summed E-state index contributed by atoms with van der Waals surface area (Å²) in [5, 5.41) is 4.28. The number of hydrogen-bond acceptors (Lipinski definition) is 3. The Balaban J connectivity index is 1.80. The number of para-hydroxylation sites is 1. The van der Waals surface area contributed by atoms with Gasteiger partial charge in [0.2, 0.25) is 5.91 Å². The van der Waals surface area contributed by atoms with Crippen LogP contribution < -0.4 is 15.8 Å². The average molecular weight is 400 g/mol. The molecule has 3 rings (SSSR count). The number of aryl methyl sites for hydroxylation is 2. The zero-order chi connectivity index (χ0) is 18.0. The molecule has 2 amide bonds. The topological polar surface area (TPSA) is 61.4 Å². The van der Waals surface area contributed by atoms with E-state index in [1.54, 1.807) is 6.08 Å². The first-order valence-corrected chi connectivity index (χ1v) is 8.68. The van der Waals surface area contributed by atoms with E-state index in [4.69, 9.17) is 0 Å². The number of benzene rings is 2. The first kappa shape index (κ1) is 17.2. The van der Waals surface area contributed by atoms with Crippen LogP contribution in [-0.2, 0) is 9.59 Å². The fourth-order valence-electron chi connectivity index (χ4n) is 2.57. The minimum absolute atomic E-state index is 0.109. The predicted molar refractivity (Wildman–Crippen MR) is 102 cm³/mol. The number of carbonyl (C=O) groups excluding carboxylic acids is 2. The molecule has 0 spiro atoms. The summed E-state index contributed by atoms with van der Waals surface area (Å²) in [6, 6.07) is 13.2. The summed E-state index contributed by atoms with van der Waals surface area (Å²) in [5.74, 6) is -0.405. The van der Waals surface area contributed by atoms with Crippen LogP contribution >= 0.6 is 15.9 Å². The molecule has 1 aliphatic rings. The number of hydrazine groups is 1. The van der Waals surface area contributed by atoms with E-state index in [1.807, 2.05) is 56.3 Å². The second-order valence-corrected chi connectivity index (χ2v) is 6.74. The number of anilines is 2. The van der Waals surface area contributed by atoms with Crippen LogP contribution in [0.4, 0.5) is 11.4 Å². The number of amides is 2. The van der Waals surface area contributed by atoms with E-state index in [9.17, 15) is 9.59 Å². The fourth-order valence-corrected chi connectivity index (χ4v) is 3.16. The van der Waals surface area contributed by atoms with Gasteiger partial charge in [-0.2, -0.15) is 0 Å². The van der Waals surface area contributed by atoms with E-state index in [0.29, 0.717) is 11.4 Å². The Morgan fingerprint density at radius 2 is 1.96 bits per heavy atom. The smallest absolute Gasteiger partial charge is 0.273 e. The zero-order valence-corrected chi connectivity index (χ0v) is 15.6. The van der Waals surface area contributed by atoms with Crippen molar-refractivity contribution in [3.05, 3.63) is 69.8 Å². The maximum absolute atomic E-state index is 12.6. The normalized spacial score (nSPS) is 14.0. The second-order valence-electron chi connectivity index (χ2n) is 5.89. The van der Waals surface area contributed by atoms with Gasteiger partial charge in [0.15, 0.2) is 0 Å². The Kier molecular flexibility index (Phi) is 4.90. The van der Waals surface area contributed by atoms with E-state index in [1.165, 1.54) is 5.01 Å². The van der Waals surface area contributed by atoms with Gasteiger partial charge in [0.05, 0.1) is 11.4 Å². The highest BCUT2D eigenvalue weighted by Crippen LogP contribution is 2.25. The van der Waals surface area contributed by atoms with Gasteiger partial charge >= 0.3 is 0 Å². The summed E-state index contributed by atoms with van der Waals surface area (Å²) in [7, 11) is 0. The lowest BCUT2D eigenvalue weighted by Crippen LogP contribution is -2.48. The van der Waals surface area contributed by atoms with Crippen LogP contribution in [0.2, 0.25) is 0 Å². The highest BCUT2D eigenvalue weighted by Gasteiger charge is 2.25. The molecule has 0 bridgehead atoms. The van der Waals surface area contributed by atoms with E-state index >= 15 is 0 Å². The molecule has 0 aromatic heterocycles. The van der Waals surface area contributed by atoms with Gasteiger partial charge in [-0.3, -0.25) is 15.0 Å². The molecule has 2 aromatic carbocycles. The number of carbonyl (C=O) groups is 2. The Hall–Kier alpha value is -2.60. The molecule has 0 radical (unpaired) electrons. The van der Waals surface area contributed by atoms with Crippen molar-refractivity contribution in [2.24, 2.45) is 0 Å². The SMILES string of the molecule is Cc1ccc(NC(=O)C2=CCC(=O)N(c3ccccc3C)N2)c(Br)c1. The maximum atomic E-state index is 12.6. The summed E-state index contributed by atoms with van der Waals surface area (Å²) in [6.45, 7) is 3.90. The van der Waals surface area contributed by atoms with Crippen molar-refractivity contribution in [3.63, 3.8) is 0 Å². The van der Waals surface area contributed by atoms with Crippen LogP contribution in [0.3, 0.4) is 0 Å². The average Bonchev–Trinajstić information content (AvgIpc) is 2.58. The van der Waals surface area contributed by atoms with Crippen molar-refractivity contribution in [1.82, 2.24) is 5.43 Å². The summed E-state index contributed by atoms with van der Waals surface area (Å²) in [4.78, 5) is 24.8. The molecule has 6 heteroatoms. The number of hydrogen-bond donors (Lipinski definition) is 2. The van der Waals surface area contributed by atoms with Gasteiger partial charge in [0, 0.05) is 10.9 Å². The molecule has 128 valence electrons. The summed E-state index contributed by atoms with van der Waals surface area (Å²) in [5.41, 5.74) is 6.73. The molecule has 0 saturated heterocycles. The van der Waals surface area contributed by atoms with E-state index < -0.39 is 0 Å². The van der Waals surface area contributed by atoms with Crippen molar-refractivity contribution < 1.29 is 9.59 Å². The van der Waals surface area contributed by atoms with Crippen molar-refractivity contribution in [2.45, 2.75) is 20.3 Å². The van der Waals surface area contributed by atoms with Crippen molar-refractivity contribution in [3.8, 4) is 0 Å². The molecule has 0 aliphatic carbocycles. The molecule has 1 aliphatic heterocycles. The van der Waals surface area contributed by atoms with E-state index in [-0.39, 0.29) is 18.2 Å². The molecular formula is C19H18BrN3O2. The molecule has 0 unspecified atom stereocenters. The quantitative estimate of drug-likeness (QED) is 0.824. The van der Waals surface area contributed by atoms with Gasteiger partial charge < -0.3 is 5.32 Å². The second kappa shape index (κ2) is 7.11. The van der Waals surface area contributed by atoms with Crippen LogP contribution in [0.1, 0.15) is 17.5 Å². The van der Waals surface area contributed by atoms with Crippen molar-refractivity contribution in [1.29, 1.82) is 0 Å². The van der Waals surface area contributed by atoms with Gasteiger partial charge in [-0.15, -0.1) is 0 Å². The van der Waals surface area contributed by atoms with Crippen LogP contribution in [0.5, 0.6) is 0 Å². The Labute approximate surface area is 154 Å². The lowest BCUT2D eigenvalue weighted by Gasteiger charge is -2.29. The summed E-state index contributed by atoms with van der Waals surface area (Å²) in [6.07, 6.45) is 1.77. The largest absolute Gasteiger partial charge is 0.320 e. The van der Waals surface area contributed by atoms with Gasteiger partial charge in [0.25, 0.3) is 5.91 Å². The molecule has 5 nitrogen and oxygen atoms in total. The summed E-state index contributed by atoms with van der Waals surface area (Å²) < 4.78 is 0.809. The molecular weight excluding hydrogens is 382 g/mol. The lowest BCUT2D eigenvalue weighted by molar-refractivity contribution is -0.119. The van der Waals surface area contributed by atoms with Crippen LogP contribution in [-0.4, -0.2) is 11.8 Å². The highest BCUT2D eigenvalue weighted by molar-refractivity contribution is 9.10. The third-order valence-corrected chi connectivity index (χ3v) is 4.59. The van der Waals surface area contributed by atoms with Crippen molar-refractivity contribution >= 4 is 39.1 Å².